The van der Waals surface area contributed by atoms with Crippen LogP contribution >= 0.6 is 0 Å². The Morgan fingerprint density at radius 3 is 2.40 bits per heavy atom. The van der Waals surface area contributed by atoms with Crippen LogP contribution in [0.2, 0.25) is 0 Å². The summed E-state index contributed by atoms with van der Waals surface area (Å²) in [5, 5.41) is 1.72. The molecule has 0 spiro atoms. The highest BCUT2D eigenvalue weighted by atomic mass is 16.2. The molecule has 0 bridgehead atoms. The van der Waals surface area contributed by atoms with Crippen molar-refractivity contribution in [2.24, 2.45) is 0 Å². The van der Waals surface area contributed by atoms with Crippen molar-refractivity contribution >= 4 is 11.6 Å². The fraction of sp³-hybridized carbons (Fsp3) is 0.455. The molecule has 0 radical (unpaired) electrons. The molecule has 1 aromatic rings. The van der Waals surface area contributed by atoms with E-state index < -0.39 is 0 Å². The van der Waals surface area contributed by atoms with Gasteiger partial charge in [-0.3, -0.25) is 20.2 Å². The van der Waals surface area contributed by atoms with Crippen molar-refractivity contribution in [1.82, 2.24) is 10.4 Å². The number of pyridine rings is 1. The largest absolute Gasteiger partial charge is 0.289 e. The minimum atomic E-state index is 0.00428. The maximum Gasteiger partial charge on any atom is 0.238 e. The summed E-state index contributed by atoms with van der Waals surface area (Å²) in [7, 11) is 1.82. The number of nitrogens with one attached hydrogen (secondary N) is 1. The van der Waals surface area contributed by atoms with E-state index in [0.717, 1.165) is 17.1 Å². The van der Waals surface area contributed by atoms with Crippen LogP contribution in [0.1, 0.15) is 24.7 Å². The SMILES string of the molecule is CCC(=O)NN(C)c1cc(C)nc(C)c1. The quantitative estimate of drug-likeness (QED) is 0.765. The molecule has 0 unspecified atom stereocenters. The maximum atomic E-state index is 11.2. The third-order valence-electron chi connectivity index (χ3n) is 2.07. The first-order chi connectivity index (χ1) is 7.02. The van der Waals surface area contributed by atoms with Gasteiger partial charge >= 0.3 is 0 Å². The molecule has 4 nitrogen and oxygen atoms in total. The summed E-state index contributed by atoms with van der Waals surface area (Å²) in [5.41, 5.74) is 5.61. The van der Waals surface area contributed by atoms with Crippen LogP contribution in [0.15, 0.2) is 12.1 Å². The first-order valence-corrected chi connectivity index (χ1v) is 5.01. The Balaban J connectivity index is 2.81. The Hall–Kier alpha value is -1.58. The summed E-state index contributed by atoms with van der Waals surface area (Å²) >= 11 is 0. The molecule has 15 heavy (non-hydrogen) atoms. The monoisotopic (exact) mass is 207 g/mol. The van der Waals surface area contributed by atoms with E-state index in [-0.39, 0.29) is 5.91 Å². The van der Waals surface area contributed by atoms with Crippen molar-refractivity contribution in [3.63, 3.8) is 0 Å². The third-order valence-corrected chi connectivity index (χ3v) is 2.07. The topological polar surface area (TPSA) is 45.2 Å². The predicted molar refractivity (Wildman–Crippen MR) is 60.5 cm³/mol. The first-order valence-electron chi connectivity index (χ1n) is 5.01. The molecule has 1 N–H and O–H groups in total. The number of carbonyl (C=O) groups excluding carboxylic acids is 1. The van der Waals surface area contributed by atoms with E-state index in [4.69, 9.17) is 0 Å². The molecular formula is C11H17N3O. The minimum absolute atomic E-state index is 0.00428. The molecule has 0 aliphatic rings. The van der Waals surface area contributed by atoms with Crippen LogP contribution in [-0.2, 0) is 4.79 Å². The predicted octanol–water partition coefficient (Wildman–Crippen LogP) is 1.58. The van der Waals surface area contributed by atoms with Crippen molar-refractivity contribution in [2.45, 2.75) is 27.2 Å². The molecule has 0 atom stereocenters. The van der Waals surface area contributed by atoms with Crippen molar-refractivity contribution in [2.75, 3.05) is 12.1 Å². The molecule has 1 amide bonds. The number of rotatable bonds is 3. The average Bonchev–Trinajstić information content (AvgIpc) is 2.16. The number of aryl methyl sites for hydroxylation is 2. The van der Waals surface area contributed by atoms with Gasteiger partial charge < -0.3 is 0 Å². The Morgan fingerprint density at radius 1 is 1.40 bits per heavy atom. The van der Waals surface area contributed by atoms with Gasteiger partial charge in [-0.2, -0.15) is 0 Å². The normalized spacial score (nSPS) is 9.87. The second-order valence-corrected chi connectivity index (χ2v) is 3.56. The Morgan fingerprint density at radius 2 is 1.93 bits per heavy atom. The summed E-state index contributed by atoms with van der Waals surface area (Å²) in [6.07, 6.45) is 0.480. The van der Waals surface area contributed by atoms with E-state index in [2.05, 4.69) is 10.4 Å². The van der Waals surface area contributed by atoms with Gasteiger partial charge in [0.25, 0.3) is 0 Å². The van der Waals surface area contributed by atoms with Crippen LogP contribution in [0.4, 0.5) is 5.69 Å². The lowest BCUT2D eigenvalue weighted by atomic mass is 10.3. The van der Waals surface area contributed by atoms with Crippen LogP contribution in [0.5, 0.6) is 0 Å². The molecular weight excluding hydrogens is 190 g/mol. The zero-order valence-corrected chi connectivity index (χ0v) is 9.66. The lowest BCUT2D eigenvalue weighted by molar-refractivity contribution is -0.120. The molecule has 4 heteroatoms. The zero-order chi connectivity index (χ0) is 11.4. The Kier molecular flexibility index (Phi) is 3.66. The number of aromatic nitrogens is 1. The summed E-state index contributed by atoms with van der Waals surface area (Å²) in [6.45, 7) is 5.70. The molecule has 0 aromatic carbocycles. The Bertz CT molecular complexity index is 343. The number of amides is 1. The van der Waals surface area contributed by atoms with Crippen molar-refractivity contribution in [1.29, 1.82) is 0 Å². The van der Waals surface area contributed by atoms with E-state index in [1.807, 2.05) is 40.0 Å². The van der Waals surface area contributed by atoms with Crippen molar-refractivity contribution in [3.8, 4) is 0 Å². The van der Waals surface area contributed by atoms with Crippen molar-refractivity contribution in [3.05, 3.63) is 23.5 Å². The van der Waals surface area contributed by atoms with E-state index in [0.29, 0.717) is 6.42 Å². The maximum absolute atomic E-state index is 11.2. The molecule has 0 aliphatic carbocycles. The average molecular weight is 207 g/mol. The van der Waals surface area contributed by atoms with E-state index in [1.165, 1.54) is 0 Å². The highest BCUT2D eigenvalue weighted by molar-refractivity contribution is 5.77. The standard InChI is InChI=1S/C11H17N3O/c1-5-11(15)13-14(4)10-6-8(2)12-9(3)7-10/h6-7H,5H2,1-4H3,(H,13,15). The van der Waals surface area contributed by atoms with E-state index >= 15 is 0 Å². The van der Waals surface area contributed by atoms with Gasteiger partial charge in [0.05, 0.1) is 5.69 Å². The summed E-state index contributed by atoms with van der Waals surface area (Å²) in [6, 6.07) is 3.87. The van der Waals surface area contributed by atoms with Gasteiger partial charge in [-0.1, -0.05) is 6.92 Å². The fourth-order valence-corrected chi connectivity index (χ4v) is 1.34. The minimum Gasteiger partial charge on any atom is -0.289 e. The number of anilines is 1. The molecule has 0 saturated carbocycles. The second-order valence-electron chi connectivity index (χ2n) is 3.56. The van der Waals surface area contributed by atoms with Crippen molar-refractivity contribution < 1.29 is 4.79 Å². The number of hydrogen-bond acceptors (Lipinski definition) is 3. The smallest absolute Gasteiger partial charge is 0.238 e. The van der Waals surface area contributed by atoms with Crippen LogP contribution in [-0.4, -0.2) is 17.9 Å². The van der Waals surface area contributed by atoms with Crippen LogP contribution in [0.3, 0.4) is 0 Å². The summed E-state index contributed by atoms with van der Waals surface area (Å²) in [4.78, 5) is 15.5. The van der Waals surface area contributed by atoms with Crippen LogP contribution in [0.25, 0.3) is 0 Å². The first kappa shape index (κ1) is 11.5. The Labute approximate surface area is 90.3 Å². The lowest BCUT2D eigenvalue weighted by Crippen LogP contribution is -2.39. The lowest BCUT2D eigenvalue weighted by Gasteiger charge is -2.20. The number of nitrogens with zero attached hydrogens (tertiary/aromatic N) is 2. The second kappa shape index (κ2) is 4.77. The molecule has 0 saturated heterocycles. The highest BCUT2D eigenvalue weighted by Gasteiger charge is 2.05. The van der Waals surface area contributed by atoms with Gasteiger partial charge in [0.2, 0.25) is 5.91 Å². The van der Waals surface area contributed by atoms with E-state index in [1.54, 1.807) is 5.01 Å². The molecule has 0 fully saturated rings. The number of hydrazine groups is 1. The van der Waals surface area contributed by atoms with Gasteiger partial charge in [-0.25, -0.2) is 0 Å². The van der Waals surface area contributed by atoms with Gasteiger partial charge in [0, 0.05) is 24.9 Å². The van der Waals surface area contributed by atoms with Crippen LogP contribution in [0, 0.1) is 13.8 Å². The molecule has 82 valence electrons. The highest BCUT2D eigenvalue weighted by Crippen LogP contribution is 2.13. The van der Waals surface area contributed by atoms with Gasteiger partial charge in [0.15, 0.2) is 0 Å². The summed E-state index contributed by atoms with van der Waals surface area (Å²) < 4.78 is 0. The summed E-state index contributed by atoms with van der Waals surface area (Å²) in [5.74, 6) is 0.00428. The molecule has 1 aromatic heterocycles. The molecule has 0 aliphatic heterocycles. The van der Waals surface area contributed by atoms with E-state index in [9.17, 15) is 4.79 Å². The number of hydrogen-bond donors (Lipinski definition) is 1. The molecule has 1 rings (SSSR count). The van der Waals surface area contributed by atoms with Gasteiger partial charge in [-0.05, 0) is 26.0 Å². The zero-order valence-electron chi connectivity index (χ0n) is 9.66. The third kappa shape index (κ3) is 3.23. The molecule has 1 heterocycles. The number of carbonyl (C=O) groups is 1. The van der Waals surface area contributed by atoms with Gasteiger partial charge in [0.1, 0.15) is 0 Å². The van der Waals surface area contributed by atoms with Crippen LogP contribution < -0.4 is 10.4 Å². The van der Waals surface area contributed by atoms with Gasteiger partial charge in [-0.15, -0.1) is 0 Å². The fourth-order valence-electron chi connectivity index (χ4n) is 1.34.